The number of nitrogens with one attached hydrogen (secondary N) is 1. The zero-order valence-electron chi connectivity index (χ0n) is 10.6. The van der Waals surface area contributed by atoms with E-state index in [-0.39, 0.29) is 5.91 Å². The summed E-state index contributed by atoms with van der Waals surface area (Å²) in [6.45, 7) is 3.57. The van der Waals surface area contributed by atoms with Gasteiger partial charge < -0.3 is 15.8 Å². The maximum absolute atomic E-state index is 12.1. The predicted molar refractivity (Wildman–Crippen MR) is 67.8 cm³/mol. The number of hydrogen-bond donors (Lipinski definition) is 2. The third-order valence-electron chi connectivity index (χ3n) is 3.41. The van der Waals surface area contributed by atoms with Crippen molar-refractivity contribution < 1.29 is 9.53 Å². The van der Waals surface area contributed by atoms with E-state index in [0.29, 0.717) is 32.6 Å². The van der Waals surface area contributed by atoms with E-state index >= 15 is 0 Å². The maximum atomic E-state index is 12.1. The average Bonchev–Trinajstić information content (AvgIpc) is 2.38. The first-order chi connectivity index (χ1) is 8.62. The Kier molecular flexibility index (Phi) is 3.93. The molecule has 1 saturated heterocycles. The summed E-state index contributed by atoms with van der Waals surface area (Å²) in [7, 11) is 0. The summed E-state index contributed by atoms with van der Waals surface area (Å²) in [6, 6.07) is 1.91. The molecule has 0 bridgehead atoms. The molecule has 2 heterocycles. The first-order valence-electron chi connectivity index (χ1n) is 6.16. The molecule has 1 aromatic rings. The molecule has 1 amide bonds. The van der Waals surface area contributed by atoms with Crippen molar-refractivity contribution >= 4 is 5.91 Å². The van der Waals surface area contributed by atoms with Crippen molar-refractivity contribution in [2.45, 2.75) is 31.8 Å². The highest BCUT2D eigenvalue weighted by Crippen LogP contribution is 2.18. The van der Waals surface area contributed by atoms with Gasteiger partial charge in [-0.1, -0.05) is 0 Å². The van der Waals surface area contributed by atoms with E-state index < -0.39 is 5.54 Å². The largest absolute Gasteiger partial charge is 0.381 e. The third kappa shape index (κ3) is 2.86. The van der Waals surface area contributed by atoms with Crippen LogP contribution in [0.1, 0.15) is 24.0 Å². The first-order valence-corrected chi connectivity index (χ1v) is 6.16. The van der Waals surface area contributed by atoms with Crippen molar-refractivity contribution in [3.63, 3.8) is 0 Å². The van der Waals surface area contributed by atoms with Crippen LogP contribution in [0.4, 0.5) is 0 Å². The van der Waals surface area contributed by atoms with Crippen LogP contribution < -0.4 is 11.1 Å². The van der Waals surface area contributed by atoms with Gasteiger partial charge in [0.15, 0.2) is 0 Å². The number of carbonyl (C=O) groups excluding carboxylic acids is 1. The summed E-state index contributed by atoms with van der Waals surface area (Å²) in [4.78, 5) is 16.1. The summed E-state index contributed by atoms with van der Waals surface area (Å²) in [5, 5.41) is 2.90. The average molecular weight is 249 g/mol. The Morgan fingerprint density at radius 3 is 2.94 bits per heavy atom. The van der Waals surface area contributed by atoms with Crippen LogP contribution in [-0.2, 0) is 16.1 Å². The molecule has 1 aliphatic rings. The highest BCUT2D eigenvalue weighted by atomic mass is 16.5. The standard InChI is InChI=1S/C13H19N3O2/c1-10-8-15-5-2-11(10)9-16-12(17)13(14)3-6-18-7-4-13/h2,5,8H,3-4,6-7,9,14H2,1H3,(H,16,17). The van der Waals surface area contributed by atoms with Gasteiger partial charge in [-0.2, -0.15) is 0 Å². The SMILES string of the molecule is Cc1cnccc1CNC(=O)C1(N)CCOCC1. The zero-order chi connectivity index (χ0) is 13.0. The molecule has 1 aromatic heterocycles. The Labute approximate surface area is 107 Å². The minimum Gasteiger partial charge on any atom is -0.381 e. The molecule has 0 spiro atoms. The Morgan fingerprint density at radius 2 is 2.28 bits per heavy atom. The highest BCUT2D eigenvalue weighted by Gasteiger charge is 2.35. The van der Waals surface area contributed by atoms with E-state index in [9.17, 15) is 4.79 Å². The Hall–Kier alpha value is -1.46. The van der Waals surface area contributed by atoms with Crippen LogP contribution in [0.15, 0.2) is 18.5 Å². The van der Waals surface area contributed by atoms with E-state index in [4.69, 9.17) is 10.5 Å². The van der Waals surface area contributed by atoms with Crippen molar-refractivity contribution in [3.8, 4) is 0 Å². The molecule has 18 heavy (non-hydrogen) atoms. The smallest absolute Gasteiger partial charge is 0.240 e. The van der Waals surface area contributed by atoms with Crippen molar-refractivity contribution in [3.05, 3.63) is 29.6 Å². The van der Waals surface area contributed by atoms with Crippen molar-refractivity contribution in [2.24, 2.45) is 5.73 Å². The normalized spacial score (nSPS) is 18.3. The monoisotopic (exact) mass is 249 g/mol. The van der Waals surface area contributed by atoms with Crippen LogP contribution in [0, 0.1) is 6.92 Å². The van der Waals surface area contributed by atoms with Gasteiger partial charge in [-0.15, -0.1) is 0 Å². The summed E-state index contributed by atoms with van der Waals surface area (Å²) < 4.78 is 5.23. The minimum atomic E-state index is -0.779. The minimum absolute atomic E-state index is 0.0954. The van der Waals surface area contributed by atoms with Gasteiger partial charge in [-0.25, -0.2) is 0 Å². The number of nitrogens with two attached hydrogens (primary N) is 1. The Bertz CT molecular complexity index is 428. The number of nitrogens with zero attached hydrogens (tertiary/aromatic N) is 1. The summed E-state index contributed by atoms with van der Waals surface area (Å²) in [5.41, 5.74) is 7.45. The number of amides is 1. The topological polar surface area (TPSA) is 77.2 Å². The van der Waals surface area contributed by atoms with Gasteiger partial charge in [0.05, 0.1) is 5.54 Å². The fourth-order valence-electron chi connectivity index (χ4n) is 2.01. The molecule has 0 radical (unpaired) electrons. The van der Waals surface area contributed by atoms with Crippen LogP contribution in [0.2, 0.25) is 0 Å². The van der Waals surface area contributed by atoms with E-state index in [0.717, 1.165) is 11.1 Å². The van der Waals surface area contributed by atoms with Crippen molar-refractivity contribution in [2.75, 3.05) is 13.2 Å². The number of aryl methyl sites for hydroxylation is 1. The molecular weight excluding hydrogens is 230 g/mol. The van der Waals surface area contributed by atoms with Crippen LogP contribution in [0.3, 0.4) is 0 Å². The molecule has 0 saturated carbocycles. The van der Waals surface area contributed by atoms with Crippen LogP contribution in [-0.4, -0.2) is 29.6 Å². The second-order valence-corrected chi connectivity index (χ2v) is 4.75. The van der Waals surface area contributed by atoms with Crippen LogP contribution >= 0.6 is 0 Å². The van der Waals surface area contributed by atoms with Gasteiger partial charge in [0.25, 0.3) is 0 Å². The number of pyridine rings is 1. The zero-order valence-corrected chi connectivity index (χ0v) is 10.6. The number of rotatable bonds is 3. The molecule has 0 unspecified atom stereocenters. The molecule has 5 heteroatoms. The lowest BCUT2D eigenvalue weighted by Gasteiger charge is -2.31. The van der Waals surface area contributed by atoms with Gasteiger partial charge in [-0.3, -0.25) is 9.78 Å². The molecule has 3 N–H and O–H groups in total. The molecule has 5 nitrogen and oxygen atoms in total. The fourth-order valence-corrected chi connectivity index (χ4v) is 2.01. The van der Waals surface area contributed by atoms with Gasteiger partial charge in [-0.05, 0) is 37.0 Å². The van der Waals surface area contributed by atoms with Gasteiger partial charge in [0.2, 0.25) is 5.91 Å². The molecule has 0 aliphatic carbocycles. The molecule has 1 aliphatic heterocycles. The second-order valence-electron chi connectivity index (χ2n) is 4.75. The molecule has 1 fully saturated rings. The van der Waals surface area contributed by atoms with Crippen molar-refractivity contribution in [1.29, 1.82) is 0 Å². The number of carbonyl (C=O) groups is 1. The Balaban J connectivity index is 1.94. The summed E-state index contributed by atoms with van der Waals surface area (Å²) in [5.74, 6) is -0.0954. The predicted octanol–water partition coefficient (Wildman–Crippen LogP) is 0.514. The van der Waals surface area contributed by atoms with Gasteiger partial charge in [0, 0.05) is 32.2 Å². The molecule has 0 atom stereocenters. The third-order valence-corrected chi connectivity index (χ3v) is 3.41. The second kappa shape index (κ2) is 5.46. The van der Waals surface area contributed by atoms with E-state index in [2.05, 4.69) is 10.3 Å². The van der Waals surface area contributed by atoms with E-state index in [1.54, 1.807) is 12.4 Å². The molecule has 0 aromatic carbocycles. The maximum Gasteiger partial charge on any atom is 0.240 e. The fraction of sp³-hybridized carbons (Fsp3) is 0.538. The number of hydrogen-bond acceptors (Lipinski definition) is 4. The lowest BCUT2D eigenvalue weighted by atomic mass is 9.90. The Morgan fingerprint density at radius 1 is 1.56 bits per heavy atom. The van der Waals surface area contributed by atoms with E-state index in [1.165, 1.54) is 0 Å². The molecule has 98 valence electrons. The number of ether oxygens (including phenoxy) is 1. The van der Waals surface area contributed by atoms with Gasteiger partial charge >= 0.3 is 0 Å². The summed E-state index contributed by atoms with van der Waals surface area (Å²) >= 11 is 0. The molecular formula is C13H19N3O2. The molecule has 2 rings (SSSR count). The first kappa shape index (κ1) is 13.0. The number of aromatic nitrogens is 1. The van der Waals surface area contributed by atoms with Crippen LogP contribution in [0.25, 0.3) is 0 Å². The van der Waals surface area contributed by atoms with Gasteiger partial charge in [0.1, 0.15) is 0 Å². The summed E-state index contributed by atoms with van der Waals surface area (Å²) in [6.07, 6.45) is 4.66. The van der Waals surface area contributed by atoms with Crippen molar-refractivity contribution in [1.82, 2.24) is 10.3 Å². The highest BCUT2D eigenvalue weighted by molar-refractivity contribution is 5.86. The quantitative estimate of drug-likeness (QED) is 0.818. The van der Waals surface area contributed by atoms with E-state index in [1.807, 2.05) is 13.0 Å². The lowest BCUT2D eigenvalue weighted by Crippen LogP contribution is -2.56. The lowest BCUT2D eigenvalue weighted by molar-refractivity contribution is -0.129. The van der Waals surface area contributed by atoms with Crippen LogP contribution in [0.5, 0.6) is 0 Å².